The molecule has 3 nitrogen and oxygen atoms in total. The topological polar surface area (TPSA) is 27.7 Å². The Hall–Kier alpha value is -0.980. The Morgan fingerprint density at radius 3 is 2.67 bits per heavy atom. The molecule has 2 unspecified atom stereocenters. The van der Waals surface area contributed by atoms with Crippen LogP contribution >= 0.6 is 11.6 Å². The second kappa shape index (κ2) is 5.34. The summed E-state index contributed by atoms with van der Waals surface area (Å²) in [5, 5.41) is 0. The van der Waals surface area contributed by atoms with Gasteiger partial charge in [0.15, 0.2) is 6.29 Å². The van der Waals surface area contributed by atoms with Gasteiger partial charge in [0.25, 0.3) is 0 Å². The molecule has 1 aromatic carbocycles. The fraction of sp³-hybridized carbons (Fsp3) is 0.455. The normalized spacial score (nSPS) is 24.2. The second-order valence-corrected chi connectivity index (χ2v) is 3.97. The number of alkyl halides is 4. The number of para-hydroxylation sites is 1. The number of benzene rings is 1. The van der Waals surface area contributed by atoms with Crippen LogP contribution in [-0.4, -0.2) is 25.0 Å². The predicted molar refractivity (Wildman–Crippen MR) is 57.4 cm³/mol. The quantitative estimate of drug-likeness (QED) is 0.797. The van der Waals surface area contributed by atoms with Gasteiger partial charge >= 0.3 is 6.36 Å². The van der Waals surface area contributed by atoms with Crippen molar-refractivity contribution in [2.45, 2.75) is 18.8 Å². The summed E-state index contributed by atoms with van der Waals surface area (Å²) < 4.78 is 51.2. The molecule has 2 rings (SSSR count). The third kappa shape index (κ3) is 3.28. The molecule has 1 aliphatic rings. The Labute approximate surface area is 106 Å². The van der Waals surface area contributed by atoms with E-state index in [1.165, 1.54) is 18.2 Å². The standard InChI is InChI=1S/C11H10ClF3O3/c12-5-7-6-16-10(17-7)8-3-1-2-4-9(8)18-11(13,14)15/h1-4,7,10H,5-6H2. The van der Waals surface area contributed by atoms with Crippen molar-refractivity contribution in [3.05, 3.63) is 29.8 Å². The molecule has 1 aliphatic heterocycles. The smallest absolute Gasteiger partial charge is 0.405 e. The van der Waals surface area contributed by atoms with E-state index in [2.05, 4.69) is 4.74 Å². The van der Waals surface area contributed by atoms with Crippen LogP contribution in [0.15, 0.2) is 24.3 Å². The molecule has 1 fully saturated rings. The Balaban J connectivity index is 2.18. The van der Waals surface area contributed by atoms with Gasteiger partial charge in [-0.25, -0.2) is 0 Å². The first-order valence-electron chi connectivity index (χ1n) is 5.17. The molecule has 0 amide bonds. The van der Waals surface area contributed by atoms with Gasteiger partial charge in [-0.15, -0.1) is 24.8 Å². The van der Waals surface area contributed by atoms with Gasteiger partial charge in [-0.1, -0.05) is 18.2 Å². The van der Waals surface area contributed by atoms with Crippen molar-refractivity contribution < 1.29 is 27.4 Å². The molecular weight excluding hydrogens is 273 g/mol. The Bertz CT molecular complexity index is 411. The highest BCUT2D eigenvalue weighted by Gasteiger charge is 2.35. The summed E-state index contributed by atoms with van der Waals surface area (Å²) in [4.78, 5) is 0. The van der Waals surface area contributed by atoms with E-state index in [1.807, 2.05) is 0 Å². The monoisotopic (exact) mass is 282 g/mol. The minimum atomic E-state index is -4.75. The number of ether oxygens (including phenoxy) is 3. The van der Waals surface area contributed by atoms with Crippen LogP contribution in [0.4, 0.5) is 13.2 Å². The average molecular weight is 283 g/mol. The van der Waals surface area contributed by atoms with E-state index >= 15 is 0 Å². The maximum Gasteiger partial charge on any atom is 0.573 e. The molecule has 0 radical (unpaired) electrons. The van der Waals surface area contributed by atoms with Crippen LogP contribution < -0.4 is 4.74 Å². The maximum absolute atomic E-state index is 12.2. The average Bonchev–Trinajstić information content (AvgIpc) is 2.76. The molecule has 0 aromatic heterocycles. The fourth-order valence-electron chi connectivity index (χ4n) is 1.58. The van der Waals surface area contributed by atoms with E-state index in [0.29, 0.717) is 0 Å². The van der Waals surface area contributed by atoms with Crippen LogP contribution in [0.1, 0.15) is 11.9 Å². The molecule has 7 heteroatoms. The van der Waals surface area contributed by atoms with Crippen molar-refractivity contribution in [3.63, 3.8) is 0 Å². The van der Waals surface area contributed by atoms with Gasteiger partial charge in [0.2, 0.25) is 0 Å². The molecular formula is C11H10ClF3O3. The van der Waals surface area contributed by atoms with E-state index < -0.39 is 12.7 Å². The summed E-state index contributed by atoms with van der Waals surface area (Å²) in [5.41, 5.74) is 0.197. The summed E-state index contributed by atoms with van der Waals surface area (Å²) in [5.74, 6) is -0.107. The first-order valence-corrected chi connectivity index (χ1v) is 5.71. The molecule has 0 N–H and O–H groups in total. The van der Waals surface area contributed by atoms with Crippen molar-refractivity contribution >= 4 is 11.6 Å². The zero-order valence-electron chi connectivity index (χ0n) is 9.11. The first kappa shape index (κ1) is 13.5. The molecule has 100 valence electrons. The molecule has 0 saturated carbocycles. The van der Waals surface area contributed by atoms with Crippen molar-refractivity contribution in [3.8, 4) is 5.75 Å². The Morgan fingerprint density at radius 1 is 1.33 bits per heavy atom. The van der Waals surface area contributed by atoms with Crippen molar-refractivity contribution in [1.82, 2.24) is 0 Å². The van der Waals surface area contributed by atoms with Gasteiger partial charge in [-0.3, -0.25) is 0 Å². The Kier molecular flexibility index (Phi) is 3.99. The molecule has 1 saturated heterocycles. The van der Waals surface area contributed by atoms with Crippen LogP contribution in [0, 0.1) is 0 Å². The van der Waals surface area contributed by atoms with Gasteiger partial charge in [0, 0.05) is 0 Å². The highest BCUT2D eigenvalue weighted by atomic mass is 35.5. The van der Waals surface area contributed by atoms with E-state index in [1.54, 1.807) is 6.07 Å². The SMILES string of the molecule is FC(F)(F)Oc1ccccc1C1OCC(CCl)O1. The van der Waals surface area contributed by atoms with E-state index in [0.717, 1.165) is 0 Å². The molecule has 1 heterocycles. The second-order valence-electron chi connectivity index (χ2n) is 3.66. The van der Waals surface area contributed by atoms with E-state index in [-0.39, 0.29) is 29.9 Å². The lowest BCUT2D eigenvalue weighted by Gasteiger charge is -2.16. The summed E-state index contributed by atoms with van der Waals surface area (Å²) in [6.45, 7) is 0.245. The molecule has 18 heavy (non-hydrogen) atoms. The summed E-state index contributed by atoms with van der Waals surface area (Å²) in [7, 11) is 0. The van der Waals surface area contributed by atoms with Gasteiger partial charge in [-0.2, -0.15) is 0 Å². The van der Waals surface area contributed by atoms with Crippen LogP contribution in [0.25, 0.3) is 0 Å². The minimum Gasteiger partial charge on any atom is -0.405 e. The van der Waals surface area contributed by atoms with Crippen molar-refractivity contribution in [2.75, 3.05) is 12.5 Å². The molecule has 1 aromatic rings. The third-order valence-electron chi connectivity index (χ3n) is 2.32. The summed E-state index contributed by atoms with van der Waals surface area (Å²) >= 11 is 5.59. The molecule has 0 spiro atoms. The predicted octanol–water partition coefficient (Wildman–Crippen LogP) is 3.24. The van der Waals surface area contributed by atoms with Crippen LogP contribution in [0.2, 0.25) is 0 Å². The summed E-state index contributed by atoms with van der Waals surface area (Å²) in [6.07, 6.45) is -5.96. The largest absolute Gasteiger partial charge is 0.573 e. The van der Waals surface area contributed by atoms with Gasteiger partial charge < -0.3 is 14.2 Å². The van der Waals surface area contributed by atoms with Crippen molar-refractivity contribution in [2.24, 2.45) is 0 Å². The Morgan fingerprint density at radius 2 is 2.06 bits per heavy atom. The van der Waals surface area contributed by atoms with Gasteiger partial charge in [0.05, 0.1) is 24.2 Å². The van der Waals surface area contributed by atoms with Crippen molar-refractivity contribution in [1.29, 1.82) is 0 Å². The lowest BCUT2D eigenvalue weighted by molar-refractivity contribution is -0.275. The first-order chi connectivity index (χ1) is 8.49. The molecule has 2 atom stereocenters. The lowest BCUT2D eigenvalue weighted by Crippen LogP contribution is -2.19. The van der Waals surface area contributed by atoms with Crippen LogP contribution in [-0.2, 0) is 9.47 Å². The highest BCUT2D eigenvalue weighted by molar-refractivity contribution is 6.18. The number of halogens is 4. The number of hydrogen-bond acceptors (Lipinski definition) is 3. The van der Waals surface area contributed by atoms with E-state index in [9.17, 15) is 13.2 Å². The number of rotatable bonds is 3. The maximum atomic E-state index is 12.2. The zero-order chi connectivity index (χ0) is 13.2. The highest BCUT2D eigenvalue weighted by Crippen LogP contribution is 2.35. The van der Waals surface area contributed by atoms with Gasteiger partial charge in [-0.05, 0) is 6.07 Å². The molecule has 0 bridgehead atoms. The fourth-order valence-corrected chi connectivity index (χ4v) is 1.75. The lowest BCUT2D eigenvalue weighted by atomic mass is 10.2. The van der Waals surface area contributed by atoms with Crippen LogP contribution in [0.5, 0.6) is 5.75 Å². The number of hydrogen-bond donors (Lipinski definition) is 0. The van der Waals surface area contributed by atoms with Gasteiger partial charge in [0.1, 0.15) is 5.75 Å². The van der Waals surface area contributed by atoms with Crippen LogP contribution in [0.3, 0.4) is 0 Å². The summed E-state index contributed by atoms with van der Waals surface area (Å²) in [6, 6.07) is 5.70. The molecule has 0 aliphatic carbocycles. The third-order valence-corrected chi connectivity index (χ3v) is 2.66. The van der Waals surface area contributed by atoms with E-state index in [4.69, 9.17) is 21.1 Å². The minimum absolute atomic E-state index is 0.197. The zero-order valence-corrected chi connectivity index (χ0v) is 9.87.